The number of carbonyl (C=O) groups excluding carboxylic acids is 3. The fraction of sp³-hybridized carbons (Fsp3) is 0.0435. The molecule has 0 radical (unpaired) electrons. The third-order valence-electron chi connectivity index (χ3n) is 10.8. The summed E-state index contributed by atoms with van der Waals surface area (Å²) in [4.78, 5) is 59.8. The highest BCUT2D eigenvalue weighted by molar-refractivity contribution is 7.91. The van der Waals surface area contributed by atoms with Gasteiger partial charge in [-0.15, -0.1) is 0 Å². The van der Waals surface area contributed by atoms with Crippen LogP contribution in [0, 0.1) is 0 Å². The van der Waals surface area contributed by atoms with E-state index < -0.39 is 105 Å². The highest BCUT2D eigenvalue weighted by Crippen LogP contribution is 2.32. The molecule has 8 rings (SSSR count). The molecule has 0 amide bonds. The average molecular weight is 1050 g/mol. The number of carboxylic acids is 2. The molecular weight excluding hydrogens is 1020 g/mol. The van der Waals surface area contributed by atoms with Gasteiger partial charge in [0.25, 0.3) is 30.4 Å². The lowest BCUT2D eigenvalue weighted by atomic mass is 9.94. The van der Waals surface area contributed by atoms with Gasteiger partial charge >= 0.3 is 11.9 Å². The molecule has 0 heterocycles. The van der Waals surface area contributed by atoms with Crippen molar-refractivity contribution >= 4 is 123 Å². The summed E-state index contributed by atoms with van der Waals surface area (Å²) in [6, 6.07) is 24.7. The molecular formula is C46H34N8O16S3. The highest BCUT2D eigenvalue weighted by atomic mass is 32.2. The Balaban J connectivity index is 0.961. The Morgan fingerprint density at radius 1 is 0.411 bits per heavy atom. The van der Waals surface area contributed by atoms with E-state index in [2.05, 4.69) is 42.2 Å². The fourth-order valence-corrected chi connectivity index (χ4v) is 9.38. The lowest BCUT2D eigenvalue weighted by Gasteiger charge is -2.18. The Morgan fingerprint density at radius 3 is 0.986 bits per heavy atom. The minimum Gasteiger partial charge on any atom is -0.480 e. The van der Waals surface area contributed by atoms with Crippen molar-refractivity contribution in [3.63, 3.8) is 0 Å². The van der Waals surface area contributed by atoms with Crippen LogP contribution >= 0.6 is 0 Å². The van der Waals surface area contributed by atoms with Gasteiger partial charge in [-0.05, 0) is 125 Å². The summed E-state index contributed by atoms with van der Waals surface area (Å²) in [7, 11) is -15.1. The van der Waals surface area contributed by atoms with Crippen LogP contribution in [0.5, 0.6) is 0 Å². The van der Waals surface area contributed by atoms with Crippen LogP contribution in [0.25, 0.3) is 29.4 Å². The number of ketones is 3. The van der Waals surface area contributed by atoms with Crippen LogP contribution in [0.4, 0.5) is 28.4 Å². The van der Waals surface area contributed by atoms with Crippen LogP contribution in [-0.2, 0) is 39.9 Å². The largest absolute Gasteiger partial charge is 0.480 e. The standard InChI is InChI=1S/C46H34N8O16S3/c55-39(56)21-47-30-9-12-33-25(15-30)18-36(71(62,63)64)41(44(33)59)52-49-28-5-1-23(2-6-28)24-3-7-29(8-4-24)50-53-42-38(73(68,69)70)20-27-17-32(11-14-35(27)46(42)61)51-54-43-37(72(65,66)67)19-26-16-31(48-22-40(57)58)10-13-34(26)45(43)60/h1-20,47-51H,21-22H2,(H,55,56)(H,57,58)(H,62,63,64)(H,65,66,67)(H,68,69,70). The molecule has 0 fully saturated rings. The van der Waals surface area contributed by atoms with Crippen molar-refractivity contribution in [2.75, 3.05) is 40.0 Å². The Labute approximate surface area is 412 Å². The Kier molecular flexibility index (Phi) is 13.6. The molecule has 0 atom stereocenters. The number of hydrazone groups is 3. The molecule has 3 aliphatic rings. The maximum Gasteiger partial charge on any atom is 0.322 e. The fourth-order valence-electron chi connectivity index (χ4n) is 7.40. The Hall–Kier alpha value is -8.99. The van der Waals surface area contributed by atoms with Gasteiger partial charge in [-0.3, -0.25) is 53.9 Å². The number of Topliss-reactive ketones (excluding diaryl/α,β-unsaturated/α-hetero) is 3. The smallest absolute Gasteiger partial charge is 0.322 e. The van der Waals surface area contributed by atoms with E-state index in [1.54, 1.807) is 48.5 Å². The molecule has 5 aromatic carbocycles. The number of nitrogens with zero attached hydrogens (tertiary/aromatic N) is 3. The van der Waals surface area contributed by atoms with E-state index in [9.17, 15) is 62.9 Å². The van der Waals surface area contributed by atoms with Crippen molar-refractivity contribution in [2.24, 2.45) is 15.3 Å². The van der Waals surface area contributed by atoms with Crippen LogP contribution in [0.2, 0.25) is 0 Å². The van der Waals surface area contributed by atoms with E-state index in [0.29, 0.717) is 16.8 Å². The van der Waals surface area contributed by atoms with Crippen molar-refractivity contribution in [2.45, 2.75) is 0 Å². The maximum atomic E-state index is 13.7. The zero-order valence-electron chi connectivity index (χ0n) is 36.8. The van der Waals surface area contributed by atoms with Crippen molar-refractivity contribution < 1.29 is 73.1 Å². The van der Waals surface area contributed by atoms with E-state index in [4.69, 9.17) is 10.2 Å². The molecule has 0 saturated heterocycles. The second-order valence-electron chi connectivity index (χ2n) is 15.7. The second kappa shape index (κ2) is 19.7. The van der Waals surface area contributed by atoms with Crippen molar-refractivity contribution in [3.8, 4) is 11.1 Å². The van der Waals surface area contributed by atoms with Gasteiger partial charge < -0.3 is 20.8 Å². The van der Waals surface area contributed by atoms with E-state index in [0.717, 1.165) is 18.2 Å². The number of hydrogen-bond acceptors (Lipinski definition) is 19. The van der Waals surface area contributed by atoms with Crippen LogP contribution in [-0.4, -0.2) is 109 Å². The number of hydrogen-bond donors (Lipinski definition) is 10. The number of rotatable bonds is 16. The van der Waals surface area contributed by atoms with Crippen LogP contribution in [0.1, 0.15) is 47.8 Å². The summed E-state index contributed by atoms with van der Waals surface area (Å²) in [6.07, 6.45) is 2.96. The lowest BCUT2D eigenvalue weighted by Crippen LogP contribution is -2.27. The third kappa shape index (κ3) is 11.2. The Morgan fingerprint density at radius 2 is 0.685 bits per heavy atom. The van der Waals surface area contributed by atoms with Gasteiger partial charge in [0.05, 0.1) is 17.1 Å². The Bertz CT molecular complexity index is 3790. The molecule has 0 aliphatic heterocycles. The number of carboxylic acid groups (broad SMARTS) is 2. The zero-order chi connectivity index (χ0) is 52.6. The van der Waals surface area contributed by atoms with Crippen molar-refractivity contribution in [1.29, 1.82) is 0 Å². The van der Waals surface area contributed by atoms with E-state index >= 15 is 0 Å². The van der Waals surface area contributed by atoms with Gasteiger partial charge in [-0.25, -0.2) is 0 Å². The molecule has 27 heteroatoms. The maximum absolute atomic E-state index is 13.7. The molecule has 0 bridgehead atoms. The topological polar surface area (TPSA) is 386 Å². The average Bonchev–Trinajstić information content (AvgIpc) is 3.33. The first kappa shape index (κ1) is 50.4. The molecule has 10 N–H and O–H groups in total. The normalized spacial score (nSPS) is 16.1. The molecule has 372 valence electrons. The predicted octanol–water partition coefficient (Wildman–Crippen LogP) is 5.03. The molecule has 0 spiro atoms. The van der Waals surface area contributed by atoms with Gasteiger partial charge in [-0.2, -0.15) is 40.6 Å². The summed E-state index contributed by atoms with van der Waals surface area (Å²) >= 11 is 0. The summed E-state index contributed by atoms with van der Waals surface area (Å²) in [6.45, 7) is -0.919. The molecule has 0 aromatic heterocycles. The predicted molar refractivity (Wildman–Crippen MR) is 268 cm³/mol. The summed E-state index contributed by atoms with van der Waals surface area (Å²) in [5.74, 6) is -5.02. The molecule has 0 saturated carbocycles. The van der Waals surface area contributed by atoms with Crippen molar-refractivity contribution in [3.05, 3.63) is 151 Å². The number of anilines is 5. The number of benzene rings is 5. The summed E-state index contributed by atoms with van der Waals surface area (Å²) in [5, 5.41) is 35.0. The molecule has 5 aromatic rings. The first-order valence-corrected chi connectivity index (χ1v) is 25.0. The van der Waals surface area contributed by atoms with E-state index in [1.807, 2.05) is 0 Å². The number of nitrogens with one attached hydrogen (secondary N) is 5. The third-order valence-corrected chi connectivity index (χ3v) is 13.4. The first-order valence-electron chi connectivity index (χ1n) is 20.7. The number of aliphatic carboxylic acids is 2. The molecule has 3 aliphatic carbocycles. The minimum atomic E-state index is -5.10. The first-order chi connectivity index (χ1) is 34.4. The van der Waals surface area contributed by atoms with Gasteiger partial charge in [-0.1, -0.05) is 24.3 Å². The monoisotopic (exact) mass is 1050 g/mol. The lowest BCUT2D eigenvalue weighted by molar-refractivity contribution is -0.135. The van der Waals surface area contributed by atoms with Gasteiger partial charge in [0.1, 0.15) is 27.8 Å². The van der Waals surface area contributed by atoms with Crippen LogP contribution in [0.3, 0.4) is 0 Å². The molecule has 24 nitrogen and oxygen atoms in total. The number of carbonyl (C=O) groups is 5. The van der Waals surface area contributed by atoms with Crippen LogP contribution < -0.4 is 26.9 Å². The van der Waals surface area contributed by atoms with Crippen LogP contribution in [0.15, 0.2) is 133 Å². The van der Waals surface area contributed by atoms with Gasteiger partial charge in [0.2, 0.25) is 17.3 Å². The zero-order valence-corrected chi connectivity index (χ0v) is 39.2. The van der Waals surface area contributed by atoms with Gasteiger partial charge in [0, 0.05) is 28.1 Å². The van der Waals surface area contributed by atoms with E-state index in [1.165, 1.54) is 54.6 Å². The summed E-state index contributed by atoms with van der Waals surface area (Å²) in [5.41, 5.74) is 8.15. The SMILES string of the molecule is O=C(O)CNc1ccc2c(c1)C=C(S(=O)(=O)O)C(=NNc1ccc(-c3ccc(NN=C4C(=O)c5ccc(NN=C6C(=O)c7ccc(NCC(=O)O)cc7C=C6S(=O)(=O)O)cc5C=C4S(=O)(=O)O)cc3)cc1)C2=O. The number of fused-ring (bicyclic) bond motifs is 3. The van der Waals surface area contributed by atoms with Gasteiger partial charge in [0.15, 0.2) is 17.1 Å². The van der Waals surface area contributed by atoms with E-state index in [-0.39, 0.29) is 56.1 Å². The van der Waals surface area contributed by atoms with Crippen molar-refractivity contribution in [1.82, 2.24) is 0 Å². The highest BCUT2D eigenvalue weighted by Gasteiger charge is 2.36. The minimum absolute atomic E-state index is 0.00486. The summed E-state index contributed by atoms with van der Waals surface area (Å²) < 4.78 is 105. The number of allylic oxidation sites excluding steroid dienone is 3. The quantitative estimate of drug-likeness (QED) is 0.0457. The molecule has 0 unspecified atom stereocenters. The second-order valence-corrected chi connectivity index (χ2v) is 19.9. The molecule has 73 heavy (non-hydrogen) atoms.